The van der Waals surface area contributed by atoms with Crippen LogP contribution in [0.15, 0.2) is 28.8 Å². The van der Waals surface area contributed by atoms with Crippen LogP contribution in [0.2, 0.25) is 0 Å². The zero-order chi connectivity index (χ0) is 15.6. The van der Waals surface area contributed by atoms with Gasteiger partial charge in [-0.25, -0.2) is 9.78 Å². The highest BCUT2D eigenvalue weighted by atomic mass is 16.5. The average molecular weight is 289 g/mol. The summed E-state index contributed by atoms with van der Waals surface area (Å²) in [6.45, 7) is 5.19. The molecule has 2 rings (SSSR count). The van der Waals surface area contributed by atoms with Crippen molar-refractivity contribution in [2.45, 2.75) is 26.3 Å². The molecule has 0 saturated heterocycles. The number of carboxylic acid groups (broad SMARTS) is 1. The van der Waals surface area contributed by atoms with Gasteiger partial charge in [0.1, 0.15) is 11.4 Å². The summed E-state index contributed by atoms with van der Waals surface area (Å²) in [7, 11) is 0. The summed E-state index contributed by atoms with van der Waals surface area (Å²) in [4.78, 5) is 27.1. The van der Waals surface area contributed by atoms with Crippen molar-refractivity contribution in [3.05, 3.63) is 47.1 Å². The highest BCUT2D eigenvalue weighted by Crippen LogP contribution is 2.20. The van der Waals surface area contributed by atoms with Crippen LogP contribution in [0, 0.1) is 6.92 Å². The largest absolute Gasteiger partial charge is 0.475 e. The molecule has 1 amide bonds. The average Bonchev–Trinajstić information content (AvgIpc) is 2.88. The van der Waals surface area contributed by atoms with E-state index in [1.54, 1.807) is 39.0 Å². The van der Waals surface area contributed by atoms with Crippen LogP contribution in [-0.2, 0) is 5.54 Å². The number of aryl methyl sites for hydroxylation is 1. The summed E-state index contributed by atoms with van der Waals surface area (Å²) < 4.78 is 4.70. The highest BCUT2D eigenvalue weighted by Gasteiger charge is 2.29. The topological polar surface area (TPSA) is 105 Å². The van der Waals surface area contributed by atoms with Gasteiger partial charge in [-0.3, -0.25) is 4.79 Å². The van der Waals surface area contributed by atoms with Gasteiger partial charge in [-0.05, 0) is 32.9 Å². The number of hydrogen-bond acceptors (Lipinski definition) is 5. The van der Waals surface area contributed by atoms with Crippen molar-refractivity contribution in [3.8, 4) is 0 Å². The van der Waals surface area contributed by atoms with E-state index in [-0.39, 0.29) is 17.4 Å². The van der Waals surface area contributed by atoms with Gasteiger partial charge in [0.05, 0.1) is 5.54 Å². The molecule has 0 unspecified atom stereocenters. The van der Waals surface area contributed by atoms with Crippen molar-refractivity contribution in [1.82, 2.24) is 15.5 Å². The maximum absolute atomic E-state index is 12.2. The normalized spacial score (nSPS) is 11.2. The maximum atomic E-state index is 12.2. The molecule has 0 aliphatic rings. The van der Waals surface area contributed by atoms with Gasteiger partial charge in [0.25, 0.3) is 5.91 Å². The standard InChI is InChI=1S/C14H15N3O4/c1-8-5-4-6-9(15-8)12(18)16-14(2,3)11-7-10(13(19)20)21-17-11/h4-7H,1-3H3,(H,16,18)(H,19,20). The molecule has 0 aliphatic carbocycles. The lowest BCUT2D eigenvalue weighted by atomic mass is 10.00. The van der Waals surface area contributed by atoms with Gasteiger partial charge in [-0.15, -0.1) is 0 Å². The van der Waals surface area contributed by atoms with E-state index in [0.29, 0.717) is 5.69 Å². The van der Waals surface area contributed by atoms with E-state index in [1.807, 2.05) is 0 Å². The molecular formula is C14H15N3O4. The molecule has 2 heterocycles. The molecule has 0 fully saturated rings. The third kappa shape index (κ3) is 3.25. The first-order chi connectivity index (χ1) is 9.79. The summed E-state index contributed by atoms with van der Waals surface area (Å²) in [6.07, 6.45) is 0. The third-order valence-corrected chi connectivity index (χ3v) is 2.91. The zero-order valence-electron chi connectivity index (χ0n) is 11.9. The van der Waals surface area contributed by atoms with Gasteiger partial charge >= 0.3 is 5.97 Å². The fourth-order valence-electron chi connectivity index (χ4n) is 1.75. The number of hydrogen-bond donors (Lipinski definition) is 2. The van der Waals surface area contributed by atoms with Gasteiger partial charge < -0.3 is 14.9 Å². The first kappa shape index (κ1) is 14.7. The van der Waals surface area contributed by atoms with Crippen LogP contribution in [0.1, 0.15) is 46.3 Å². The molecule has 110 valence electrons. The second kappa shape index (κ2) is 5.35. The number of aromatic carboxylic acids is 1. The van der Waals surface area contributed by atoms with E-state index in [4.69, 9.17) is 9.63 Å². The first-order valence-electron chi connectivity index (χ1n) is 6.26. The van der Waals surface area contributed by atoms with Crippen LogP contribution in [0.3, 0.4) is 0 Å². The number of rotatable bonds is 4. The Balaban J connectivity index is 2.19. The molecular weight excluding hydrogens is 274 g/mol. The minimum Gasteiger partial charge on any atom is -0.475 e. The van der Waals surface area contributed by atoms with Crippen LogP contribution >= 0.6 is 0 Å². The maximum Gasteiger partial charge on any atom is 0.374 e. The van der Waals surface area contributed by atoms with E-state index in [2.05, 4.69) is 15.5 Å². The molecule has 2 aromatic heterocycles. The van der Waals surface area contributed by atoms with E-state index < -0.39 is 11.5 Å². The molecule has 7 heteroatoms. The lowest BCUT2D eigenvalue weighted by Gasteiger charge is -2.23. The van der Waals surface area contributed by atoms with E-state index >= 15 is 0 Å². The Morgan fingerprint density at radius 1 is 1.33 bits per heavy atom. The van der Waals surface area contributed by atoms with E-state index in [9.17, 15) is 9.59 Å². The smallest absolute Gasteiger partial charge is 0.374 e. The van der Waals surface area contributed by atoms with Crippen LogP contribution in [0.5, 0.6) is 0 Å². The van der Waals surface area contributed by atoms with Crippen molar-refractivity contribution in [3.63, 3.8) is 0 Å². The van der Waals surface area contributed by atoms with Crippen LogP contribution in [0.25, 0.3) is 0 Å². The monoisotopic (exact) mass is 289 g/mol. The molecule has 0 aromatic carbocycles. The lowest BCUT2D eigenvalue weighted by Crippen LogP contribution is -2.41. The molecule has 0 bridgehead atoms. The Labute approximate surface area is 121 Å². The first-order valence-corrected chi connectivity index (χ1v) is 6.26. The molecule has 0 atom stereocenters. The van der Waals surface area contributed by atoms with Gasteiger partial charge in [0.15, 0.2) is 0 Å². The van der Waals surface area contributed by atoms with Crippen LogP contribution in [-0.4, -0.2) is 27.1 Å². The number of carboxylic acids is 1. The fourth-order valence-corrected chi connectivity index (χ4v) is 1.75. The molecule has 21 heavy (non-hydrogen) atoms. The number of nitrogens with zero attached hydrogens (tertiary/aromatic N) is 2. The molecule has 2 aromatic rings. The van der Waals surface area contributed by atoms with Crippen molar-refractivity contribution >= 4 is 11.9 Å². The van der Waals surface area contributed by atoms with Crippen LogP contribution < -0.4 is 5.32 Å². The SMILES string of the molecule is Cc1cccc(C(=O)NC(C)(C)c2cc(C(=O)O)on2)n1. The van der Waals surface area contributed by atoms with Gasteiger partial charge in [0, 0.05) is 11.8 Å². The van der Waals surface area contributed by atoms with Crippen molar-refractivity contribution < 1.29 is 19.2 Å². The van der Waals surface area contributed by atoms with Gasteiger partial charge in [-0.2, -0.15) is 0 Å². The number of carbonyl (C=O) groups is 2. The molecule has 2 N–H and O–H groups in total. The molecule has 0 saturated carbocycles. The highest BCUT2D eigenvalue weighted by molar-refractivity contribution is 5.92. The zero-order valence-corrected chi connectivity index (χ0v) is 11.9. The predicted molar refractivity (Wildman–Crippen MR) is 72.9 cm³/mol. The predicted octanol–water partition coefficient (Wildman–Crippen LogP) is 1.74. The van der Waals surface area contributed by atoms with Crippen molar-refractivity contribution in [2.75, 3.05) is 0 Å². The minimum absolute atomic E-state index is 0.277. The summed E-state index contributed by atoms with van der Waals surface area (Å²) >= 11 is 0. The summed E-state index contributed by atoms with van der Waals surface area (Å²) in [5.41, 5.74) is 0.445. The van der Waals surface area contributed by atoms with E-state index in [0.717, 1.165) is 5.69 Å². The van der Waals surface area contributed by atoms with Crippen LogP contribution in [0.4, 0.5) is 0 Å². The Morgan fingerprint density at radius 3 is 2.62 bits per heavy atom. The van der Waals surface area contributed by atoms with Crippen molar-refractivity contribution in [2.24, 2.45) is 0 Å². The number of carbonyl (C=O) groups excluding carboxylic acids is 1. The Kier molecular flexibility index (Phi) is 3.75. The lowest BCUT2D eigenvalue weighted by molar-refractivity contribution is 0.0651. The molecule has 0 spiro atoms. The quantitative estimate of drug-likeness (QED) is 0.888. The minimum atomic E-state index is -1.21. The van der Waals surface area contributed by atoms with Crippen molar-refractivity contribution in [1.29, 1.82) is 0 Å². The molecule has 0 radical (unpaired) electrons. The molecule has 0 aliphatic heterocycles. The van der Waals surface area contributed by atoms with E-state index in [1.165, 1.54) is 6.07 Å². The second-order valence-electron chi connectivity index (χ2n) is 5.12. The van der Waals surface area contributed by atoms with Gasteiger partial charge in [0.2, 0.25) is 5.76 Å². The number of pyridine rings is 1. The number of amides is 1. The Bertz CT molecular complexity index is 691. The number of nitrogens with one attached hydrogen (secondary N) is 1. The third-order valence-electron chi connectivity index (χ3n) is 2.91. The summed E-state index contributed by atoms with van der Waals surface area (Å²) in [5.74, 6) is -1.86. The Morgan fingerprint density at radius 2 is 2.05 bits per heavy atom. The summed E-state index contributed by atoms with van der Waals surface area (Å²) in [6, 6.07) is 6.41. The summed E-state index contributed by atoms with van der Waals surface area (Å²) in [5, 5.41) is 15.3. The fraction of sp³-hybridized carbons (Fsp3) is 0.286. The van der Waals surface area contributed by atoms with Gasteiger partial charge in [-0.1, -0.05) is 11.2 Å². The Hall–Kier alpha value is -2.70. The molecule has 7 nitrogen and oxygen atoms in total. The number of aromatic nitrogens is 2. The second-order valence-corrected chi connectivity index (χ2v) is 5.12.